The van der Waals surface area contributed by atoms with Crippen LogP contribution in [-0.4, -0.2) is 71.4 Å². The summed E-state index contributed by atoms with van der Waals surface area (Å²) in [6, 6.07) is 22.3. The third-order valence-corrected chi connectivity index (χ3v) is 16.1. The van der Waals surface area contributed by atoms with Gasteiger partial charge in [-0.25, -0.2) is 9.97 Å². The Morgan fingerprint density at radius 3 is 1.32 bits per heavy atom. The number of H-pyrrole nitrogens is 1. The summed E-state index contributed by atoms with van der Waals surface area (Å²) in [4.78, 5) is 8.86. The molecule has 2 aliphatic rings. The van der Waals surface area contributed by atoms with Crippen molar-refractivity contribution in [2.24, 2.45) is 0 Å². The van der Waals surface area contributed by atoms with Crippen LogP contribution in [0.4, 0.5) is 0 Å². The molecular formula is C44H26Cl4N4O12S4. The predicted molar refractivity (Wildman–Crippen MR) is 259 cm³/mol. The average molecular weight is 1070 g/mol. The van der Waals surface area contributed by atoms with E-state index in [1.807, 2.05) is 0 Å². The number of nitrogens with zero attached hydrogens (tertiary/aromatic N) is 3. The zero-order valence-corrected chi connectivity index (χ0v) is 40.0. The topological polar surface area (TPSA) is 264 Å². The smallest absolute Gasteiger partial charge is 0.298 e. The van der Waals surface area contributed by atoms with Gasteiger partial charge in [0.1, 0.15) is 19.6 Å². The Balaban J connectivity index is 1.79. The van der Waals surface area contributed by atoms with Crippen molar-refractivity contribution in [2.45, 2.75) is 19.6 Å². The van der Waals surface area contributed by atoms with E-state index in [0.717, 1.165) is 47.0 Å². The molecule has 7 aromatic rings. The van der Waals surface area contributed by atoms with E-state index in [-0.39, 0.29) is 22.6 Å². The number of benzene rings is 4. The van der Waals surface area contributed by atoms with E-state index in [1.54, 1.807) is 30.3 Å². The van der Waals surface area contributed by atoms with Gasteiger partial charge in [-0.1, -0.05) is 88.9 Å². The number of rotatable bonds is 8. The number of halogens is 4. The number of hydrogen-bond donors (Lipinski definition) is 5. The summed E-state index contributed by atoms with van der Waals surface area (Å²) >= 11 is 26.5. The normalized spacial score (nSPS) is 13.1. The summed E-state index contributed by atoms with van der Waals surface area (Å²) in [5.74, 6) is 0. The highest BCUT2D eigenvalue weighted by Gasteiger charge is 2.36. The van der Waals surface area contributed by atoms with Gasteiger partial charge in [0.2, 0.25) is 0 Å². The van der Waals surface area contributed by atoms with Crippen molar-refractivity contribution in [3.63, 3.8) is 0 Å². The number of aromatic amines is 1. The van der Waals surface area contributed by atoms with Crippen molar-refractivity contribution >= 4 is 133 Å². The molecule has 5 N–H and O–H groups in total. The molecule has 0 aliphatic carbocycles. The van der Waals surface area contributed by atoms with Crippen LogP contribution in [0.25, 0.3) is 85.4 Å². The number of aromatic nitrogens is 4. The molecule has 0 radical (unpaired) electrons. The summed E-state index contributed by atoms with van der Waals surface area (Å²) in [5.41, 5.74) is -2.74. The van der Waals surface area contributed by atoms with Gasteiger partial charge in [-0.3, -0.25) is 18.2 Å². The van der Waals surface area contributed by atoms with Gasteiger partial charge >= 0.3 is 0 Å². The van der Waals surface area contributed by atoms with E-state index in [2.05, 4.69) is 4.98 Å². The second-order valence-electron chi connectivity index (χ2n) is 14.9. The van der Waals surface area contributed by atoms with Crippen molar-refractivity contribution in [3.05, 3.63) is 146 Å². The Morgan fingerprint density at radius 2 is 0.838 bits per heavy atom. The lowest BCUT2D eigenvalue weighted by atomic mass is 9.92. The van der Waals surface area contributed by atoms with E-state index >= 15 is 0 Å². The lowest BCUT2D eigenvalue weighted by Crippen LogP contribution is -2.08. The fraction of sp³-hybridized carbons (Fsp3) is 0. The summed E-state index contributed by atoms with van der Waals surface area (Å²) in [6.07, 6.45) is 6.00. The highest BCUT2D eigenvalue weighted by molar-refractivity contribution is 7.87. The minimum absolute atomic E-state index is 0.0587. The van der Waals surface area contributed by atoms with Gasteiger partial charge in [-0.05, 0) is 85.0 Å². The van der Waals surface area contributed by atoms with Crippen LogP contribution in [0, 0.1) is 0 Å². The minimum atomic E-state index is -5.46. The average Bonchev–Trinajstić information content (AvgIpc) is 4.04. The molecule has 16 nitrogen and oxygen atoms in total. The Morgan fingerprint density at radius 1 is 0.441 bits per heavy atom. The lowest BCUT2D eigenvalue weighted by molar-refractivity contribution is 0.481. The molecule has 0 fully saturated rings. The predicted octanol–water partition coefficient (Wildman–Crippen LogP) is 10.7. The number of hydrogen-bond acceptors (Lipinski definition) is 10. The molecule has 0 saturated heterocycles. The maximum atomic E-state index is 13.7. The molecule has 0 spiro atoms. The molecular weight excluding hydrogens is 1050 g/mol. The quantitative estimate of drug-likeness (QED) is 0.0887. The Bertz CT molecular complexity index is 4100. The van der Waals surface area contributed by atoms with Gasteiger partial charge in [0, 0.05) is 44.4 Å². The molecule has 0 atom stereocenters. The van der Waals surface area contributed by atoms with Crippen molar-refractivity contribution < 1.29 is 51.9 Å². The first kappa shape index (κ1) is 47.4. The van der Waals surface area contributed by atoms with E-state index < -0.39 is 125 Å². The van der Waals surface area contributed by atoms with Gasteiger partial charge in [0.15, 0.2) is 0 Å². The molecule has 8 bridgehead atoms. The Labute approximate surface area is 406 Å². The summed E-state index contributed by atoms with van der Waals surface area (Å²) < 4.78 is 154. The fourth-order valence-corrected chi connectivity index (χ4v) is 13.1. The second kappa shape index (κ2) is 17.1. The number of nitrogens with one attached hydrogen (secondary N) is 1. The highest BCUT2D eigenvalue weighted by atomic mass is 35.5. The maximum Gasteiger partial charge on any atom is 0.298 e. The van der Waals surface area contributed by atoms with Gasteiger partial charge in [0.05, 0.1) is 59.6 Å². The molecule has 0 unspecified atom stereocenters. The van der Waals surface area contributed by atoms with Gasteiger partial charge in [-0.2, -0.15) is 33.7 Å². The first-order valence-electron chi connectivity index (χ1n) is 19.1. The number of fused-ring (bicyclic) bond motifs is 8. The molecule has 24 heteroatoms. The molecule has 3 aromatic heterocycles. The molecule has 2 aliphatic heterocycles. The van der Waals surface area contributed by atoms with E-state index in [0.29, 0.717) is 16.7 Å². The van der Waals surface area contributed by atoms with Crippen molar-refractivity contribution in [1.82, 2.24) is 19.5 Å². The molecule has 68 heavy (non-hydrogen) atoms. The van der Waals surface area contributed by atoms with E-state index in [1.165, 1.54) is 54.6 Å². The molecule has 4 aromatic carbocycles. The van der Waals surface area contributed by atoms with Gasteiger partial charge < -0.3 is 9.55 Å². The monoisotopic (exact) mass is 1070 g/mol. The lowest BCUT2D eigenvalue weighted by Gasteiger charge is -2.18. The Kier molecular flexibility index (Phi) is 11.9. The van der Waals surface area contributed by atoms with Crippen LogP contribution in [0.2, 0.25) is 20.1 Å². The zero-order chi connectivity index (χ0) is 48.8. The van der Waals surface area contributed by atoms with Crippen molar-refractivity contribution in [1.29, 1.82) is 0 Å². The standard InChI is InChI=1S/C44H26Cl4N4O12S4/c45-30-8-1-5-27(41(30)65(53,54)55)37-34-18-17-25(51-34)20-24-14-13-22(49-24)19-23-15-16-26(50-23)21-36-38(28-6-2-9-31(46)42(28)66(56,57)58)39(29-7-3-10-32(47)43(29)67(59,60)61)40(37)52(36)35-12-4-11-33(48)44(35)68(62,63)64/h1-21,49H,(H,53,54,55)(H,56,57,58)(H,59,60,61)(H,62,63,64). The molecule has 0 saturated carbocycles. The third-order valence-electron chi connectivity index (χ3n) is 10.6. The van der Waals surface area contributed by atoms with Gasteiger partial charge in [-0.15, -0.1) is 0 Å². The molecule has 5 heterocycles. The van der Waals surface area contributed by atoms with Crippen molar-refractivity contribution in [2.75, 3.05) is 0 Å². The maximum absolute atomic E-state index is 13.7. The van der Waals surface area contributed by atoms with E-state index in [9.17, 15) is 51.9 Å². The third kappa shape index (κ3) is 8.56. The van der Waals surface area contributed by atoms with Crippen LogP contribution < -0.4 is 0 Å². The van der Waals surface area contributed by atoms with Crippen LogP contribution in [0.3, 0.4) is 0 Å². The first-order chi connectivity index (χ1) is 31.9. The van der Waals surface area contributed by atoms with Crippen LogP contribution in [-0.2, 0) is 40.5 Å². The van der Waals surface area contributed by atoms with E-state index in [4.69, 9.17) is 56.4 Å². The van der Waals surface area contributed by atoms with Crippen LogP contribution in [0.15, 0.2) is 123 Å². The molecule has 346 valence electrons. The highest BCUT2D eigenvalue weighted by Crippen LogP contribution is 2.53. The van der Waals surface area contributed by atoms with Crippen LogP contribution in [0.1, 0.15) is 22.8 Å². The zero-order valence-electron chi connectivity index (χ0n) is 33.7. The van der Waals surface area contributed by atoms with Crippen molar-refractivity contribution in [3.8, 4) is 39.1 Å². The first-order valence-corrected chi connectivity index (χ1v) is 26.4. The second-order valence-corrected chi connectivity index (χ2v) is 21.9. The van der Waals surface area contributed by atoms with Crippen LogP contribution >= 0.6 is 46.4 Å². The summed E-state index contributed by atoms with van der Waals surface area (Å²) in [7, 11) is -21.7. The SMILES string of the molecule is O=S(=O)(O)c1c(Cl)cccc1-c1c(-c2cccc(Cl)c2S(=O)(=O)O)c2c(-c3cccc(Cl)c3S(=O)(=O)O)c3nc(cc4ccc(cc5nc(cc1n2-c1cccc(Cl)c1S(=O)(=O)O)C=C5)[nH]4)C=C3. The largest absolute Gasteiger partial charge is 0.355 e. The fourth-order valence-electron chi connectivity index (χ4n) is 8.18. The summed E-state index contributed by atoms with van der Waals surface area (Å²) in [6.45, 7) is 0. The molecule has 0 amide bonds. The van der Waals surface area contributed by atoms with Gasteiger partial charge in [0.25, 0.3) is 40.5 Å². The Hall–Kier alpha value is -5.72. The molecule has 9 rings (SSSR count). The van der Waals surface area contributed by atoms with Crippen LogP contribution in [0.5, 0.6) is 0 Å². The minimum Gasteiger partial charge on any atom is -0.355 e. The summed E-state index contributed by atoms with van der Waals surface area (Å²) in [5, 5.41) is -2.31.